The number of benzene rings is 1. The van der Waals surface area contributed by atoms with Gasteiger partial charge < -0.3 is 9.84 Å². The van der Waals surface area contributed by atoms with Crippen LogP contribution >= 0.6 is 0 Å². The molecule has 0 saturated carbocycles. The van der Waals surface area contributed by atoms with E-state index in [9.17, 15) is 14.7 Å². The minimum Gasteiger partial charge on any atom is -0.480 e. The van der Waals surface area contributed by atoms with Crippen molar-refractivity contribution in [3.63, 3.8) is 0 Å². The number of carbonyl (C=O) groups is 2. The van der Waals surface area contributed by atoms with Gasteiger partial charge in [-0.3, -0.25) is 4.90 Å². The average molecular weight is 280 g/mol. The molecule has 0 fully saturated rings. The number of nitrogens with zero attached hydrogens (tertiary/aromatic N) is 1. The van der Waals surface area contributed by atoms with E-state index in [1.165, 1.54) is 0 Å². The first-order valence-corrected chi connectivity index (χ1v) is 6.30. The predicted octanol–water partition coefficient (Wildman–Crippen LogP) is 2.55. The van der Waals surface area contributed by atoms with Gasteiger partial charge in [0.1, 0.15) is 11.6 Å². The van der Waals surface area contributed by atoms with E-state index in [1.54, 1.807) is 45.0 Å². The van der Waals surface area contributed by atoms with E-state index in [2.05, 4.69) is 0 Å². The Balaban J connectivity index is 2.91. The van der Waals surface area contributed by atoms with Crippen molar-refractivity contribution >= 4 is 12.1 Å². The molecule has 20 heavy (non-hydrogen) atoms. The third-order valence-corrected chi connectivity index (χ3v) is 2.56. The van der Waals surface area contributed by atoms with Gasteiger partial charge in [-0.15, -0.1) is 0 Å². The normalized spacial score (nSPS) is 13.2. The van der Waals surface area contributed by atoms with E-state index in [-0.39, 0.29) is 6.42 Å². The Kier molecular flexibility index (Phi) is 4.61. The van der Waals surface area contributed by atoms with Crippen LogP contribution in [0.5, 0.6) is 0 Å². The lowest BCUT2D eigenvalue weighted by Crippen LogP contribution is -2.46. The van der Waals surface area contributed by atoms with Gasteiger partial charge in [-0.25, -0.2) is 9.59 Å². The summed E-state index contributed by atoms with van der Waals surface area (Å²) in [6, 6.07) is 7.87. The number of ether oxygens (including phenoxy) is 1. The maximum Gasteiger partial charge on any atom is 0.410 e. The molecule has 1 atom stereocenters. The fraction of sp³-hybridized carbons (Fsp3) is 0.467. The van der Waals surface area contributed by atoms with Crippen LogP contribution in [0.25, 0.3) is 0 Å². The van der Waals surface area contributed by atoms with Gasteiger partial charge in [0.2, 0.25) is 0 Å². The average Bonchev–Trinajstić information content (AvgIpc) is 2.37. The second kappa shape index (κ2) is 6.41. The molecule has 110 valence electrons. The van der Waals surface area contributed by atoms with Crippen molar-refractivity contribution in [3.8, 4) is 0 Å². The van der Waals surface area contributed by atoms with Gasteiger partial charge >= 0.3 is 12.1 Å². The maximum atomic E-state index is 12.0. The number of hydrogen-bond acceptors (Lipinski definition) is 3. The van der Waals surface area contributed by atoms with Gasteiger partial charge in [0.15, 0.2) is 0 Å². The zero-order chi connectivity index (χ0) is 16.0. The Morgan fingerprint density at radius 3 is 2.40 bits per heavy atom. The number of amides is 1. The molecule has 0 aromatic heterocycles. The largest absolute Gasteiger partial charge is 0.480 e. The highest BCUT2D eigenvalue weighted by atomic mass is 16.6. The van der Waals surface area contributed by atoms with Crippen LogP contribution in [0.1, 0.15) is 27.7 Å². The van der Waals surface area contributed by atoms with Crippen LogP contribution in [0.2, 0.25) is 0 Å². The van der Waals surface area contributed by atoms with E-state index in [0.717, 1.165) is 10.5 Å². The first-order valence-electron chi connectivity index (χ1n) is 7.01. The van der Waals surface area contributed by atoms with E-state index in [4.69, 9.17) is 6.11 Å². The molecule has 5 heteroatoms. The Hall–Kier alpha value is -2.04. The molecule has 1 rings (SSSR count). The lowest BCUT2D eigenvalue weighted by Gasteiger charge is -2.28. The summed E-state index contributed by atoms with van der Waals surface area (Å²) in [5, 5.41) is 9.35. The summed E-state index contributed by atoms with van der Waals surface area (Å²) in [4.78, 5) is 24.4. The number of carboxylic acid groups (broad SMARTS) is 1. The standard InChI is InChI=1S/C15H21NO4/c1-15(2,3)20-14(19)16(4)12(13(17)18)10-11-8-6-5-7-9-11/h5-9,12H,10H2,1-4H3,(H,17,18)/t12-/m0/s1/i4D. The number of hydrogen-bond donors (Lipinski definition) is 1. The number of aliphatic carboxylic acids is 1. The third-order valence-electron chi connectivity index (χ3n) is 2.56. The van der Waals surface area contributed by atoms with Crippen molar-refractivity contribution < 1.29 is 20.8 Å². The summed E-state index contributed by atoms with van der Waals surface area (Å²) in [5.74, 6) is -1.16. The van der Waals surface area contributed by atoms with Gasteiger partial charge in [0.25, 0.3) is 0 Å². The fourth-order valence-electron chi connectivity index (χ4n) is 1.62. The van der Waals surface area contributed by atoms with Crippen LogP contribution in [-0.4, -0.2) is 40.7 Å². The molecule has 0 aliphatic rings. The molecule has 0 spiro atoms. The lowest BCUT2D eigenvalue weighted by atomic mass is 10.1. The van der Waals surface area contributed by atoms with Crippen molar-refractivity contribution in [2.24, 2.45) is 0 Å². The zero-order valence-corrected chi connectivity index (χ0v) is 12.0. The SMILES string of the molecule is [2H]CN(C(=O)OC(C)(C)C)[C@@H](Cc1ccccc1)C(=O)O. The third kappa shape index (κ3) is 4.91. The highest BCUT2D eigenvalue weighted by Crippen LogP contribution is 2.13. The molecule has 5 nitrogen and oxygen atoms in total. The lowest BCUT2D eigenvalue weighted by molar-refractivity contribution is -0.142. The number of likely N-dealkylation sites (N-methyl/N-ethyl adjacent to an activating group) is 1. The second-order valence-electron chi connectivity index (χ2n) is 5.49. The molecule has 1 aromatic rings. The molecular formula is C15H21NO4. The monoisotopic (exact) mass is 280 g/mol. The molecule has 1 N–H and O–H groups in total. The minimum atomic E-state index is -1.16. The van der Waals surface area contributed by atoms with Crippen molar-refractivity contribution in [1.29, 1.82) is 0 Å². The second-order valence-corrected chi connectivity index (χ2v) is 5.49. The van der Waals surface area contributed by atoms with Gasteiger partial charge in [0, 0.05) is 14.8 Å². The van der Waals surface area contributed by atoms with Crippen LogP contribution in [0.15, 0.2) is 30.3 Å². The highest BCUT2D eigenvalue weighted by molar-refractivity contribution is 5.80. The first kappa shape index (κ1) is 14.4. The topological polar surface area (TPSA) is 66.8 Å². The van der Waals surface area contributed by atoms with E-state index >= 15 is 0 Å². The number of carboxylic acids is 1. The Labute approximate surface area is 120 Å². The molecule has 0 saturated heterocycles. The van der Waals surface area contributed by atoms with Gasteiger partial charge in [-0.1, -0.05) is 30.3 Å². The summed E-state index contributed by atoms with van der Waals surface area (Å²) >= 11 is 0. The van der Waals surface area contributed by atoms with Crippen LogP contribution in [-0.2, 0) is 16.0 Å². The Morgan fingerprint density at radius 1 is 1.35 bits per heavy atom. The van der Waals surface area contributed by atoms with Crippen molar-refractivity contribution in [2.45, 2.75) is 38.8 Å². The minimum absolute atomic E-state index is 0.133. The molecule has 0 bridgehead atoms. The van der Waals surface area contributed by atoms with E-state index in [0.29, 0.717) is 0 Å². The summed E-state index contributed by atoms with van der Waals surface area (Å²) in [5.41, 5.74) is 0.0484. The quantitative estimate of drug-likeness (QED) is 0.920. The molecule has 0 heterocycles. The molecule has 0 radical (unpaired) electrons. The van der Waals surface area contributed by atoms with E-state index in [1.807, 2.05) is 6.07 Å². The summed E-state index contributed by atoms with van der Waals surface area (Å²) in [7, 11) is -0.473. The molecule has 0 unspecified atom stereocenters. The fourth-order valence-corrected chi connectivity index (χ4v) is 1.62. The smallest absolute Gasteiger partial charge is 0.410 e. The predicted molar refractivity (Wildman–Crippen MR) is 75.6 cm³/mol. The molecule has 1 aromatic carbocycles. The summed E-state index contributed by atoms with van der Waals surface area (Å²) in [6.45, 7) is 5.08. The van der Waals surface area contributed by atoms with Crippen molar-refractivity contribution in [3.05, 3.63) is 35.9 Å². The molecule has 0 aliphatic carbocycles. The highest BCUT2D eigenvalue weighted by Gasteiger charge is 2.30. The first-order chi connectivity index (χ1) is 9.74. The van der Waals surface area contributed by atoms with Crippen LogP contribution in [0.4, 0.5) is 4.79 Å². The number of rotatable bonds is 4. The van der Waals surface area contributed by atoms with Gasteiger partial charge in [-0.05, 0) is 26.3 Å². The van der Waals surface area contributed by atoms with Crippen LogP contribution in [0.3, 0.4) is 0 Å². The number of carbonyl (C=O) groups excluding carboxylic acids is 1. The maximum absolute atomic E-state index is 12.0. The van der Waals surface area contributed by atoms with Gasteiger partial charge in [0.05, 0.1) is 0 Å². The molecule has 1 amide bonds. The zero-order valence-electron chi connectivity index (χ0n) is 13.0. The van der Waals surface area contributed by atoms with Crippen LogP contribution in [0, 0.1) is 0 Å². The van der Waals surface area contributed by atoms with Gasteiger partial charge in [-0.2, -0.15) is 0 Å². The molecule has 0 aliphatic heterocycles. The van der Waals surface area contributed by atoms with E-state index < -0.39 is 30.7 Å². The van der Waals surface area contributed by atoms with Crippen molar-refractivity contribution in [2.75, 3.05) is 7.02 Å². The van der Waals surface area contributed by atoms with Crippen LogP contribution < -0.4 is 0 Å². The summed E-state index contributed by atoms with van der Waals surface area (Å²) < 4.78 is 12.6. The molecular weight excluding hydrogens is 258 g/mol. The summed E-state index contributed by atoms with van der Waals surface area (Å²) in [6.07, 6.45) is -0.658. The Morgan fingerprint density at radius 2 is 1.95 bits per heavy atom. The van der Waals surface area contributed by atoms with Crippen molar-refractivity contribution in [1.82, 2.24) is 4.90 Å². The Bertz CT molecular complexity index is 484.